The van der Waals surface area contributed by atoms with Crippen molar-refractivity contribution in [1.29, 1.82) is 5.26 Å². The van der Waals surface area contributed by atoms with E-state index >= 15 is 0 Å². The summed E-state index contributed by atoms with van der Waals surface area (Å²) in [6, 6.07) is 23.2. The minimum Gasteiger partial charge on any atom is -0.391 e. The Morgan fingerprint density at radius 1 is 1.03 bits per heavy atom. The van der Waals surface area contributed by atoms with Crippen molar-refractivity contribution in [2.24, 2.45) is 5.16 Å². The van der Waals surface area contributed by atoms with Gasteiger partial charge in [-0.1, -0.05) is 70.8 Å². The summed E-state index contributed by atoms with van der Waals surface area (Å²) in [6.45, 7) is 2.90. The molecule has 0 bridgehead atoms. The molecule has 0 aliphatic rings. The van der Waals surface area contributed by atoms with E-state index in [2.05, 4.69) is 34.8 Å². The number of benzene rings is 3. The maximum absolute atomic E-state index is 9.20. The average molecular weight is 448 g/mol. The number of para-hydroxylation sites is 1. The smallest absolute Gasteiger partial charge is 0.143 e. The lowest BCUT2D eigenvalue weighted by molar-refractivity contribution is 0.132. The van der Waals surface area contributed by atoms with E-state index in [1.807, 2.05) is 42.5 Å². The Labute approximate surface area is 190 Å². The van der Waals surface area contributed by atoms with Crippen LogP contribution in [0.4, 0.5) is 0 Å². The monoisotopic (exact) mass is 447 g/mol. The van der Waals surface area contributed by atoms with Gasteiger partial charge in [0.25, 0.3) is 0 Å². The van der Waals surface area contributed by atoms with Gasteiger partial charge in [0.1, 0.15) is 6.61 Å². The van der Waals surface area contributed by atoms with Crippen molar-refractivity contribution >= 4 is 40.3 Å². The van der Waals surface area contributed by atoms with Gasteiger partial charge in [-0.3, -0.25) is 0 Å². The SMILES string of the molecule is Cc1c(/C=N\OCc2ccccc2C#N)c2ccccc2n1Cc1ccc(Cl)cc1Cl. The normalized spacial score (nSPS) is 11.2. The second kappa shape index (κ2) is 9.26. The van der Waals surface area contributed by atoms with Crippen LogP contribution in [0.25, 0.3) is 10.9 Å². The number of nitrogens with zero attached hydrogens (tertiary/aromatic N) is 3. The van der Waals surface area contributed by atoms with Crippen molar-refractivity contribution < 1.29 is 4.84 Å². The molecule has 0 unspecified atom stereocenters. The van der Waals surface area contributed by atoms with Gasteiger partial charge in [-0.15, -0.1) is 0 Å². The second-order valence-electron chi connectivity index (χ2n) is 7.12. The van der Waals surface area contributed by atoms with Crippen molar-refractivity contribution in [2.45, 2.75) is 20.1 Å². The molecule has 6 heteroatoms. The average Bonchev–Trinajstić information content (AvgIpc) is 3.04. The molecule has 1 aromatic heterocycles. The molecule has 4 nitrogen and oxygen atoms in total. The fourth-order valence-electron chi connectivity index (χ4n) is 3.60. The number of nitriles is 1. The molecule has 0 spiro atoms. The molecule has 154 valence electrons. The third-order valence-electron chi connectivity index (χ3n) is 5.24. The molecule has 0 amide bonds. The lowest BCUT2D eigenvalue weighted by atomic mass is 10.1. The highest BCUT2D eigenvalue weighted by Gasteiger charge is 2.14. The fourth-order valence-corrected chi connectivity index (χ4v) is 4.06. The third kappa shape index (κ3) is 4.44. The molecule has 1 heterocycles. The van der Waals surface area contributed by atoms with Gasteiger partial charge in [-0.2, -0.15) is 5.26 Å². The first-order valence-electron chi connectivity index (χ1n) is 9.73. The predicted octanol–water partition coefficient (Wildman–Crippen LogP) is 6.73. The fraction of sp³-hybridized carbons (Fsp3) is 0.120. The summed E-state index contributed by atoms with van der Waals surface area (Å²) in [4.78, 5) is 5.50. The van der Waals surface area contributed by atoms with Crippen LogP contribution in [0.15, 0.2) is 71.9 Å². The molecular weight excluding hydrogens is 429 g/mol. The van der Waals surface area contributed by atoms with Crippen LogP contribution in [0.1, 0.15) is 27.9 Å². The van der Waals surface area contributed by atoms with Gasteiger partial charge >= 0.3 is 0 Å². The molecule has 0 saturated heterocycles. The maximum Gasteiger partial charge on any atom is 0.143 e. The molecule has 0 saturated carbocycles. The minimum atomic E-state index is 0.234. The highest BCUT2D eigenvalue weighted by Crippen LogP contribution is 2.28. The first kappa shape index (κ1) is 21.0. The molecule has 0 radical (unpaired) electrons. The van der Waals surface area contributed by atoms with Crippen molar-refractivity contribution in [3.8, 4) is 6.07 Å². The number of hydrogen-bond acceptors (Lipinski definition) is 3. The predicted molar refractivity (Wildman–Crippen MR) is 126 cm³/mol. The molecular formula is C25H19Cl2N3O. The number of rotatable bonds is 6. The highest BCUT2D eigenvalue weighted by molar-refractivity contribution is 6.35. The number of hydrogen-bond donors (Lipinski definition) is 0. The maximum atomic E-state index is 9.20. The standard InChI is InChI=1S/C25H19Cl2N3O/c1-17-23(14-29-31-16-20-7-3-2-6-18(20)13-28)22-8-4-5-9-25(22)30(17)15-19-10-11-21(26)12-24(19)27/h2-12,14H,15-16H2,1H3/b29-14-. The minimum absolute atomic E-state index is 0.234. The molecule has 3 aromatic carbocycles. The van der Waals surface area contributed by atoms with Crippen LogP contribution in [-0.4, -0.2) is 10.8 Å². The topological polar surface area (TPSA) is 50.3 Å². The molecule has 0 atom stereocenters. The van der Waals surface area contributed by atoms with Crippen molar-refractivity contribution in [3.63, 3.8) is 0 Å². The Kier molecular flexibility index (Phi) is 6.27. The van der Waals surface area contributed by atoms with Crippen LogP contribution in [0.5, 0.6) is 0 Å². The number of oxime groups is 1. The van der Waals surface area contributed by atoms with E-state index in [1.54, 1.807) is 18.3 Å². The Morgan fingerprint density at radius 3 is 2.61 bits per heavy atom. The van der Waals surface area contributed by atoms with E-state index in [9.17, 15) is 5.26 Å². The van der Waals surface area contributed by atoms with E-state index < -0.39 is 0 Å². The second-order valence-corrected chi connectivity index (χ2v) is 7.96. The van der Waals surface area contributed by atoms with Crippen LogP contribution in [0.3, 0.4) is 0 Å². The summed E-state index contributed by atoms with van der Waals surface area (Å²) in [5.41, 5.74) is 5.50. The van der Waals surface area contributed by atoms with Crippen molar-refractivity contribution in [2.75, 3.05) is 0 Å². The Bertz CT molecular complexity index is 1320. The first-order chi connectivity index (χ1) is 15.1. The van der Waals surface area contributed by atoms with Crippen LogP contribution in [0.2, 0.25) is 10.0 Å². The summed E-state index contributed by atoms with van der Waals surface area (Å²) in [5, 5.41) is 15.7. The van der Waals surface area contributed by atoms with E-state index in [0.29, 0.717) is 22.2 Å². The largest absolute Gasteiger partial charge is 0.391 e. The van der Waals surface area contributed by atoms with Gasteiger partial charge in [-0.25, -0.2) is 0 Å². The number of fused-ring (bicyclic) bond motifs is 1. The van der Waals surface area contributed by atoms with Crippen LogP contribution < -0.4 is 0 Å². The van der Waals surface area contributed by atoms with Gasteiger partial charge in [0, 0.05) is 44.3 Å². The first-order valence-corrected chi connectivity index (χ1v) is 10.5. The highest BCUT2D eigenvalue weighted by atomic mass is 35.5. The Morgan fingerprint density at radius 2 is 1.81 bits per heavy atom. The number of halogens is 2. The molecule has 31 heavy (non-hydrogen) atoms. The lowest BCUT2D eigenvalue weighted by Gasteiger charge is -2.10. The van der Waals surface area contributed by atoms with E-state index in [0.717, 1.165) is 33.3 Å². The molecule has 4 rings (SSSR count). The van der Waals surface area contributed by atoms with Crippen LogP contribution >= 0.6 is 23.2 Å². The van der Waals surface area contributed by atoms with Crippen LogP contribution in [0, 0.1) is 18.3 Å². The summed E-state index contributed by atoms with van der Waals surface area (Å²) in [5.74, 6) is 0. The zero-order chi connectivity index (χ0) is 21.8. The van der Waals surface area contributed by atoms with E-state index in [4.69, 9.17) is 28.0 Å². The Balaban J connectivity index is 1.62. The van der Waals surface area contributed by atoms with Crippen LogP contribution in [-0.2, 0) is 18.0 Å². The van der Waals surface area contributed by atoms with Gasteiger partial charge in [0.15, 0.2) is 0 Å². The zero-order valence-electron chi connectivity index (χ0n) is 16.8. The Hall–Kier alpha value is -3.26. The summed E-state index contributed by atoms with van der Waals surface area (Å²) < 4.78 is 2.21. The van der Waals surface area contributed by atoms with Gasteiger partial charge in [0.2, 0.25) is 0 Å². The van der Waals surface area contributed by atoms with Crippen molar-refractivity contribution in [1.82, 2.24) is 4.57 Å². The van der Waals surface area contributed by atoms with Crippen molar-refractivity contribution in [3.05, 3.63) is 105 Å². The molecule has 0 aliphatic heterocycles. The summed E-state index contributed by atoms with van der Waals surface area (Å²) in [7, 11) is 0. The lowest BCUT2D eigenvalue weighted by Crippen LogP contribution is -2.03. The molecule has 0 aliphatic carbocycles. The summed E-state index contributed by atoms with van der Waals surface area (Å²) >= 11 is 12.5. The van der Waals surface area contributed by atoms with Gasteiger partial charge in [0.05, 0.1) is 17.8 Å². The number of aromatic nitrogens is 1. The zero-order valence-corrected chi connectivity index (χ0v) is 18.4. The van der Waals surface area contributed by atoms with E-state index in [1.165, 1.54) is 0 Å². The summed E-state index contributed by atoms with van der Waals surface area (Å²) in [6.07, 6.45) is 1.73. The quantitative estimate of drug-likeness (QED) is 0.243. The van der Waals surface area contributed by atoms with E-state index in [-0.39, 0.29) is 6.61 Å². The molecule has 0 fully saturated rings. The van der Waals surface area contributed by atoms with Gasteiger partial charge < -0.3 is 9.40 Å². The van der Waals surface area contributed by atoms with Gasteiger partial charge in [-0.05, 0) is 36.8 Å². The molecule has 0 N–H and O–H groups in total. The third-order valence-corrected chi connectivity index (χ3v) is 5.82. The molecule has 4 aromatic rings.